The number of nitrogens with two attached hydrogens (primary N) is 1. The standard InChI is InChI=1S/C8H19NS/c1-7(2)4-5-8(9)6-10-3/h7-8H,4-6,9H2,1-3H3. The molecule has 62 valence electrons. The summed E-state index contributed by atoms with van der Waals surface area (Å²) in [7, 11) is 0. The molecule has 0 aromatic rings. The van der Waals surface area contributed by atoms with Crippen molar-refractivity contribution in [2.24, 2.45) is 11.7 Å². The molecule has 0 rings (SSSR count). The van der Waals surface area contributed by atoms with Gasteiger partial charge in [0, 0.05) is 11.8 Å². The van der Waals surface area contributed by atoms with Crippen molar-refractivity contribution in [2.45, 2.75) is 32.7 Å². The molecule has 0 saturated carbocycles. The van der Waals surface area contributed by atoms with Gasteiger partial charge in [-0.2, -0.15) is 11.8 Å². The SMILES string of the molecule is CSCC(N)CCC(C)C. The Kier molecular flexibility index (Phi) is 6.24. The molecule has 1 nitrogen and oxygen atoms in total. The summed E-state index contributed by atoms with van der Waals surface area (Å²) in [6, 6.07) is 0.414. The van der Waals surface area contributed by atoms with Crippen LogP contribution in [-0.2, 0) is 0 Å². The summed E-state index contributed by atoms with van der Waals surface area (Å²) in [6.07, 6.45) is 4.55. The maximum absolute atomic E-state index is 5.81. The molecule has 0 saturated heterocycles. The third-order valence-corrected chi connectivity index (χ3v) is 2.26. The number of hydrogen-bond acceptors (Lipinski definition) is 2. The van der Waals surface area contributed by atoms with Crippen molar-refractivity contribution in [3.05, 3.63) is 0 Å². The summed E-state index contributed by atoms with van der Waals surface area (Å²) in [4.78, 5) is 0. The van der Waals surface area contributed by atoms with Crippen LogP contribution in [0.25, 0.3) is 0 Å². The molecule has 0 aliphatic carbocycles. The molecule has 2 heteroatoms. The summed E-state index contributed by atoms with van der Waals surface area (Å²) in [6.45, 7) is 4.48. The minimum Gasteiger partial charge on any atom is -0.327 e. The van der Waals surface area contributed by atoms with Crippen molar-refractivity contribution in [1.29, 1.82) is 0 Å². The predicted molar refractivity (Wildman–Crippen MR) is 50.4 cm³/mol. The molecule has 0 aromatic heterocycles. The van der Waals surface area contributed by atoms with Gasteiger partial charge in [-0.05, 0) is 25.0 Å². The van der Waals surface area contributed by atoms with E-state index in [2.05, 4.69) is 20.1 Å². The van der Waals surface area contributed by atoms with Gasteiger partial charge in [-0.3, -0.25) is 0 Å². The van der Waals surface area contributed by atoms with Crippen molar-refractivity contribution in [2.75, 3.05) is 12.0 Å². The molecule has 0 bridgehead atoms. The van der Waals surface area contributed by atoms with Crippen LogP contribution in [0.5, 0.6) is 0 Å². The van der Waals surface area contributed by atoms with E-state index in [1.807, 2.05) is 11.8 Å². The van der Waals surface area contributed by atoms with Crippen LogP contribution in [0.2, 0.25) is 0 Å². The van der Waals surface area contributed by atoms with Gasteiger partial charge in [0.1, 0.15) is 0 Å². The Bertz CT molecular complexity index is 73.7. The molecule has 10 heavy (non-hydrogen) atoms. The Morgan fingerprint density at radius 2 is 1.90 bits per heavy atom. The third kappa shape index (κ3) is 6.43. The molecular weight excluding hydrogens is 142 g/mol. The predicted octanol–water partition coefficient (Wildman–Crippen LogP) is 2.11. The van der Waals surface area contributed by atoms with Gasteiger partial charge in [-0.1, -0.05) is 13.8 Å². The van der Waals surface area contributed by atoms with E-state index in [1.54, 1.807) is 0 Å². The van der Waals surface area contributed by atoms with Gasteiger partial charge in [0.15, 0.2) is 0 Å². The Labute approximate surface area is 68.8 Å². The summed E-state index contributed by atoms with van der Waals surface area (Å²) < 4.78 is 0. The lowest BCUT2D eigenvalue weighted by Crippen LogP contribution is -2.22. The van der Waals surface area contributed by atoms with Gasteiger partial charge in [0.25, 0.3) is 0 Å². The maximum atomic E-state index is 5.81. The Morgan fingerprint density at radius 1 is 1.30 bits per heavy atom. The smallest absolute Gasteiger partial charge is 0.0130 e. The van der Waals surface area contributed by atoms with E-state index in [-0.39, 0.29) is 0 Å². The number of hydrogen-bond donors (Lipinski definition) is 1. The first-order valence-electron chi connectivity index (χ1n) is 3.91. The average molecular weight is 161 g/mol. The lowest BCUT2D eigenvalue weighted by atomic mass is 10.1. The van der Waals surface area contributed by atoms with E-state index >= 15 is 0 Å². The fraction of sp³-hybridized carbons (Fsp3) is 1.00. The van der Waals surface area contributed by atoms with Gasteiger partial charge in [-0.15, -0.1) is 0 Å². The number of rotatable bonds is 5. The molecule has 0 radical (unpaired) electrons. The second kappa shape index (κ2) is 6.05. The highest BCUT2D eigenvalue weighted by molar-refractivity contribution is 7.98. The molecule has 0 aliphatic heterocycles. The monoisotopic (exact) mass is 161 g/mol. The lowest BCUT2D eigenvalue weighted by Gasteiger charge is -2.10. The summed E-state index contributed by atoms with van der Waals surface area (Å²) in [5.74, 6) is 1.90. The normalized spacial score (nSPS) is 14.1. The fourth-order valence-electron chi connectivity index (χ4n) is 0.845. The lowest BCUT2D eigenvalue weighted by molar-refractivity contribution is 0.517. The third-order valence-electron chi connectivity index (χ3n) is 1.50. The molecule has 2 N–H and O–H groups in total. The van der Waals surface area contributed by atoms with Gasteiger partial charge in [0.05, 0.1) is 0 Å². The van der Waals surface area contributed by atoms with Crippen molar-refractivity contribution in [1.82, 2.24) is 0 Å². The van der Waals surface area contributed by atoms with Crippen LogP contribution in [0, 0.1) is 5.92 Å². The minimum atomic E-state index is 0.414. The maximum Gasteiger partial charge on any atom is 0.0130 e. The largest absolute Gasteiger partial charge is 0.327 e. The van der Waals surface area contributed by atoms with Crippen LogP contribution < -0.4 is 5.73 Å². The highest BCUT2D eigenvalue weighted by Crippen LogP contribution is 2.07. The Morgan fingerprint density at radius 3 is 2.30 bits per heavy atom. The van der Waals surface area contributed by atoms with Gasteiger partial charge < -0.3 is 5.73 Å². The van der Waals surface area contributed by atoms with Crippen molar-refractivity contribution in [3.63, 3.8) is 0 Å². The van der Waals surface area contributed by atoms with E-state index in [0.29, 0.717) is 6.04 Å². The van der Waals surface area contributed by atoms with Gasteiger partial charge in [0.2, 0.25) is 0 Å². The van der Waals surface area contributed by atoms with Crippen LogP contribution in [-0.4, -0.2) is 18.1 Å². The summed E-state index contributed by atoms with van der Waals surface area (Å²) in [5, 5.41) is 0. The van der Waals surface area contributed by atoms with Crippen molar-refractivity contribution in [3.8, 4) is 0 Å². The first-order chi connectivity index (χ1) is 4.66. The van der Waals surface area contributed by atoms with Crippen molar-refractivity contribution >= 4 is 11.8 Å². The van der Waals surface area contributed by atoms with Crippen LogP contribution in [0.4, 0.5) is 0 Å². The van der Waals surface area contributed by atoms with E-state index < -0.39 is 0 Å². The van der Waals surface area contributed by atoms with E-state index in [0.717, 1.165) is 11.7 Å². The van der Waals surface area contributed by atoms with Crippen LogP contribution in [0.15, 0.2) is 0 Å². The quantitative estimate of drug-likeness (QED) is 0.668. The Balaban J connectivity index is 3.12. The second-order valence-corrected chi connectivity index (χ2v) is 4.10. The first kappa shape index (κ1) is 10.3. The summed E-state index contributed by atoms with van der Waals surface area (Å²) >= 11 is 1.84. The number of thioether (sulfide) groups is 1. The zero-order valence-corrected chi connectivity index (χ0v) is 8.08. The summed E-state index contributed by atoms with van der Waals surface area (Å²) in [5.41, 5.74) is 5.81. The van der Waals surface area contributed by atoms with E-state index in [4.69, 9.17) is 5.73 Å². The van der Waals surface area contributed by atoms with Crippen LogP contribution in [0.1, 0.15) is 26.7 Å². The van der Waals surface area contributed by atoms with Crippen molar-refractivity contribution < 1.29 is 0 Å². The zero-order chi connectivity index (χ0) is 7.98. The molecular formula is C8H19NS. The van der Waals surface area contributed by atoms with E-state index in [1.165, 1.54) is 12.8 Å². The highest BCUT2D eigenvalue weighted by Gasteiger charge is 2.01. The first-order valence-corrected chi connectivity index (χ1v) is 5.30. The molecule has 0 heterocycles. The van der Waals surface area contributed by atoms with Gasteiger partial charge >= 0.3 is 0 Å². The van der Waals surface area contributed by atoms with Crippen LogP contribution >= 0.6 is 11.8 Å². The molecule has 0 amide bonds. The van der Waals surface area contributed by atoms with Gasteiger partial charge in [-0.25, -0.2) is 0 Å². The molecule has 1 atom stereocenters. The molecule has 0 spiro atoms. The fourth-order valence-corrected chi connectivity index (χ4v) is 1.44. The second-order valence-electron chi connectivity index (χ2n) is 3.19. The van der Waals surface area contributed by atoms with Crippen LogP contribution in [0.3, 0.4) is 0 Å². The molecule has 0 aliphatic rings. The Hall–Kier alpha value is 0.310. The average Bonchev–Trinajstić information content (AvgIpc) is 1.85. The topological polar surface area (TPSA) is 26.0 Å². The minimum absolute atomic E-state index is 0.414. The molecule has 0 fully saturated rings. The zero-order valence-electron chi connectivity index (χ0n) is 7.26. The molecule has 0 aromatic carbocycles. The highest BCUT2D eigenvalue weighted by atomic mass is 32.2. The molecule has 1 unspecified atom stereocenters. The van der Waals surface area contributed by atoms with E-state index in [9.17, 15) is 0 Å².